The van der Waals surface area contributed by atoms with Crippen LogP contribution in [0.3, 0.4) is 0 Å². The van der Waals surface area contributed by atoms with Crippen molar-refractivity contribution in [2.75, 3.05) is 0 Å². The molecule has 0 saturated heterocycles. The minimum Gasteiger partial charge on any atom is -0.456 e. The zero-order valence-electron chi connectivity index (χ0n) is 29.1. The van der Waals surface area contributed by atoms with Crippen molar-refractivity contribution in [2.45, 2.75) is 0 Å². The van der Waals surface area contributed by atoms with Crippen LogP contribution in [0.25, 0.3) is 119 Å². The molecule has 12 rings (SSSR count). The van der Waals surface area contributed by atoms with Gasteiger partial charge in [-0.05, 0) is 113 Å². The smallest absolute Gasteiger partial charge is 0.136 e. The van der Waals surface area contributed by atoms with Crippen molar-refractivity contribution in [3.05, 3.63) is 182 Å². The summed E-state index contributed by atoms with van der Waals surface area (Å²) in [6, 6.07) is 66.8. The topological polar surface area (TPSA) is 13.1 Å². The molecule has 250 valence electrons. The fraction of sp³-hybridized carbons (Fsp3) is 0. The molecule has 0 unspecified atom stereocenters. The minimum absolute atomic E-state index is 0.936. The second-order valence-corrected chi connectivity index (χ2v) is 15.5. The molecule has 0 bridgehead atoms. The van der Waals surface area contributed by atoms with Gasteiger partial charge in [0.05, 0.1) is 0 Å². The fourth-order valence-electron chi connectivity index (χ4n) is 9.03. The Morgan fingerprint density at radius 2 is 0.907 bits per heavy atom. The van der Waals surface area contributed by atoms with Gasteiger partial charge in [-0.25, -0.2) is 0 Å². The van der Waals surface area contributed by atoms with Crippen LogP contribution in [0.5, 0.6) is 0 Å². The average Bonchev–Trinajstić information content (AvgIpc) is 3.78. The predicted molar refractivity (Wildman–Crippen MR) is 233 cm³/mol. The van der Waals surface area contributed by atoms with E-state index >= 15 is 0 Å². The number of thiophene rings is 1. The SMILES string of the molecule is c1cc(-c2c3ccccc3c(-c3ccc4ccccc4c3)c3ccccc23)cc(-c2cc3sc4cc5c(cc4c3c3ccccc23)oc2ccccc25)c1. The number of fused-ring (bicyclic) bond motifs is 11. The molecule has 0 N–H and O–H groups in total. The molecule has 54 heavy (non-hydrogen) atoms. The van der Waals surface area contributed by atoms with Crippen molar-refractivity contribution in [1.29, 1.82) is 0 Å². The maximum atomic E-state index is 6.35. The van der Waals surface area contributed by atoms with Crippen LogP contribution in [0.4, 0.5) is 0 Å². The fourth-order valence-corrected chi connectivity index (χ4v) is 10.2. The lowest BCUT2D eigenvalue weighted by atomic mass is 9.85. The zero-order valence-corrected chi connectivity index (χ0v) is 30.0. The Morgan fingerprint density at radius 3 is 1.65 bits per heavy atom. The second kappa shape index (κ2) is 11.4. The Labute approximate surface area is 314 Å². The summed E-state index contributed by atoms with van der Waals surface area (Å²) in [6.07, 6.45) is 0. The molecule has 0 fully saturated rings. The molecule has 10 aromatic carbocycles. The summed E-state index contributed by atoms with van der Waals surface area (Å²) in [5.41, 5.74) is 9.36. The summed E-state index contributed by atoms with van der Waals surface area (Å²) in [4.78, 5) is 0. The molecular weight excluding hydrogens is 673 g/mol. The summed E-state index contributed by atoms with van der Waals surface area (Å²) >= 11 is 1.87. The van der Waals surface area contributed by atoms with E-state index in [1.165, 1.54) is 107 Å². The van der Waals surface area contributed by atoms with Crippen LogP contribution in [0.15, 0.2) is 186 Å². The van der Waals surface area contributed by atoms with Gasteiger partial charge in [0.15, 0.2) is 0 Å². The van der Waals surface area contributed by atoms with E-state index in [1.807, 2.05) is 17.4 Å². The van der Waals surface area contributed by atoms with E-state index in [0.29, 0.717) is 0 Å². The molecule has 2 heteroatoms. The monoisotopic (exact) mass is 702 g/mol. The molecule has 12 aromatic rings. The van der Waals surface area contributed by atoms with Gasteiger partial charge in [0.25, 0.3) is 0 Å². The van der Waals surface area contributed by atoms with Crippen LogP contribution < -0.4 is 0 Å². The quantitative estimate of drug-likeness (QED) is 0.167. The summed E-state index contributed by atoms with van der Waals surface area (Å²) in [5.74, 6) is 0. The summed E-state index contributed by atoms with van der Waals surface area (Å²) in [7, 11) is 0. The Balaban J connectivity index is 1.09. The van der Waals surface area contributed by atoms with Crippen molar-refractivity contribution < 1.29 is 4.42 Å². The molecule has 0 atom stereocenters. The molecule has 0 aliphatic heterocycles. The van der Waals surface area contributed by atoms with Gasteiger partial charge >= 0.3 is 0 Å². The number of benzene rings is 10. The Hall–Kier alpha value is -6.74. The number of hydrogen-bond acceptors (Lipinski definition) is 2. The highest BCUT2D eigenvalue weighted by atomic mass is 32.1. The van der Waals surface area contributed by atoms with Gasteiger partial charge in [-0.3, -0.25) is 0 Å². The Morgan fingerprint density at radius 1 is 0.315 bits per heavy atom. The molecule has 0 saturated carbocycles. The van der Waals surface area contributed by atoms with Crippen molar-refractivity contribution in [1.82, 2.24) is 0 Å². The van der Waals surface area contributed by atoms with Gasteiger partial charge in [-0.1, -0.05) is 146 Å². The van der Waals surface area contributed by atoms with Crippen LogP contribution in [-0.4, -0.2) is 0 Å². The molecule has 0 aliphatic rings. The van der Waals surface area contributed by atoms with E-state index < -0.39 is 0 Å². The molecule has 1 nitrogen and oxygen atoms in total. The highest BCUT2D eigenvalue weighted by Gasteiger charge is 2.19. The third-order valence-electron chi connectivity index (χ3n) is 11.4. The molecule has 0 radical (unpaired) electrons. The molecule has 0 amide bonds. The van der Waals surface area contributed by atoms with Gasteiger partial charge in [-0.2, -0.15) is 0 Å². The van der Waals surface area contributed by atoms with Gasteiger partial charge in [-0.15, -0.1) is 11.3 Å². The van der Waals surface area contributed by atoms with Crippen LogP contribution in [0.2, 0.25) is 0 Å². The second-order valence-electron chi connectivity index (χ2n) is 14.4. The normalized spacial score (nSPS) is 12.1. The van der Waals surface area contributed by atoms with Gasteiger partial charge in [0.1, 0.15) is 11.2 Å². The van der Waals surface area contributed by atoms with E-state index in [1.54, 1.807) is 0 Å². The number of hydrogen-bond donors (Lipinski definition) is 0. The first kappa shape index (κ1) is 29.8. The Bertz CT molecular complexity index is 3450. The lowest BCUT2D eigenvalue weighted by Crippen LogP contribution is -1.91. The van der Waals surface area contributed by atoms with Crippen molar-refractivity contribution in [3.63, 3.8) is 0 Å². The highest BCUT2D eigenvalue weighted by molar-refractivity contribution is 7.26. The van der Waals surface area contributed by atoms with Crippen molar-refractivity contribution >= 4 is 96.5 Å². The van der Waals surface area contributed by atoms with E-state index in [9.17, 15) is 0 Å². The molecular formula is C52H30OS. The molecule has 2 heterocycles. The summed E-state index contributed by atoms with van der Waals surface area (Å²) < 4.78 is 8.92. The van der Waals surface area contributed by atoms with Crippen LogP contribution in [0.1, 0.15) is 0 Å². The minimum atomic E-state index is 0.936. The predicted octanol–water partition coefficient (Wildman–Crippen LogP) is 15.6. The first-order valence-electron chi connectivity index (χ1n) is 18.5. The van der Waals surface area contributed by atoms with Gasteiger partial charge in [0, 0.05) is 30.9 Å². The van der Waals surface area contributed by atoms with E-state index in [0.717, 1.165) is 11.2 Å². The zero-order chi connectivity index (χ0) is 35.3. The van der Waals surface area contributed by atoms with Crippen molar-refractivity contribution in [2.24, 2.45) is 0 Å². The maximum Gasteiger partial charge on any atom is 0.136 e. The first-order valence-corrected chi connectivity index (χ1v) is 19.3. The Kier molecular flexibility index (Phi) is 6.28. The van der Waals surface area contributed by atoms with Gasteiger partial charge < -0.3 is 4.42 Å². The largest absolute Gasteiger partial charge is 0.456 e. The molecule has 0 spiro atoms. The molecule has 2 aromatic heterocycles. The van der Waals surface area contributed by atoms with Crippen LogP contribution >= 0.6 is 11.3 Å². The van der Waals surface area contributed by atoms with Crippen LogP contribution in [-0.2, 0) is 0 Å². The lowest BCUT2D eigenvalue weighted by molar-refractivity contribution is 0.669. The van der Waals surface area contributed by atoms with E-state index in [2.05, 4.69) is 176 Å². The number of para-hydroxylation sites is 1. The van der Waals surface area contributed by atoms with E-state index in [-0.39, 0.29) is 0 Å². The summed E-state index contributed by atoms with van der Waals surface area (Å²) in [5, 5.41) is 15.0. The standard InChI is InChI=1S/C52H30OS/c1-2-13-32-26-35(25-24-31(32)12-1)51-41-21-7-5-19-39(41)50(40-20-6-8-22-42(40)51)34-15-11-14-33(27-34)43-29-49-52(38-18-4-3-16-36(38)43)45-28-47-44(30-48(45)54-49)37-17-9-10-23-46(37)53-47/h1-30H. The first-order chi connectivity index (χ1) is 26.8. The lowest BCUT2D eigenvalue weighted by Gasteiger charge is -2.18. The highest BCUT2D eigenvalue weighted by Crippen LogP contribution is 2.47. The average molecular weight is 703 g/mol. The summed E-state index contributed by atoms with van der Waals surface area (Å²) in [6.45, 7) is 0. The van der Waals surface area contributed by atoms with Crippen LogP contribution in [0, 0.1) is 0 Å². The van der Waals surface area contributed by atoms with Gasteiger partial charge in [0.2, 0.25) is 0 Å². The number of furan rings is 1. The molecule has 0 aliphatic carbocycles. The number of rotatable bonds is 3. The van der Waals surface area contributed by atoms with E-state index in [4.69, 9.17) is 4.42 Å². The maximum absolute atomic E-state index is 6.35. The third-order valence-corrected chi connectivity index (χ3v) is 12.5. The third kappa shape index (κ3) is 4.32. The van der Waals surface area contributed by atoms with Crippen molar-refractivity contribution in [3.8, 4) is 33.4 Å².